The van der Waals surface area contributed by atoms with E-state index in [2.05, 4.69) is 4.90 Å². The zero-order valence-electron chi connectivity index (χ0n) is 14.7. The molecule has 0 aliphatic carbocycles. The van der Waals surface area contributed by atoms with Crippen LogP contribution in [-0.4, -0.2) is 29.6 Å². The third-order valence-electron chi connectivity index (χ3n) is 4.89. The minimum absolute atomic E-state index is 0.687. The predicted octanol–water partition coefficient (Wildman–Crippen LogP) is 5.22. The van der Waals surface area contributed by atoms with Crippen molar-refractivity contribution in [3.63, 3.8) is 0 Å². The fourth-order valence-electron chi connectivity index (χ4n) is 3.22. The van der Waals surface area contributed by atoms with E-state index in [0.717, 1.165) is 43.1 Å². The molecular formula is C21H26ClNO2. The standard InChI is InChI=1S/C21H26ClNO2/c1-21(24,13-16-23-14-3-2-4-15-23)17-5-9-19(10-6-17)25-20-11-7-18(22)8-12-20/h5-12,24H,2-4,13-16H2,1H3. The summed E-state index contributed by atoms with van der Waals surface area (Å²) < 4.78 is 5.81. The normalized spacial score (nSPS) is 17.9. The van der Waals surface area contributed by atoms with Gasteiger partial charge < -0.3 is 14.7 Å². The maximum absolute atomic E-state index is 10.8. The average Bonchev–Trinajstić information content (AvgIpc) is 2.63. The molecule has 1 aliphatic rings. The van der Waals surface area contributed by atoms with Crippen LogP contribution in [0.4, 0.5) is 0 Å². The largest absolute Gasteiger partial charge is 0.457 e. The lowest BCUT2D eigenvalue weighted by atomic mass is 9.92. The Kier molecular flexibility index (Phi) is 6.00. The first-order valence-electron chi connectivity index (χ1n) is 9.02. The lowest BCUT2D eigenvalue weighted by Gasteiger charge is -2.31. The van der Waals surface area contributed by atoms with E-state index < -0.39 is 5.60 Å². The molecule has 2 aromatic rings. The van der Waals surface area contributed by atoms with Gasteiger partial charge in [0, 0.05) is 11.6 Å². The summed E-state index contributed by atoms with van der Waals surface area (Å²) in [7, 11) is 0. The van der Waals surface area contributed by atoms with Crippen LogP contribution >= 0.6 is 11.6 Å². The molecule has 3 rings (SSSR count). The van der Waals surface area contributed by atoms with Crippen molar-refractivity contribution in [3.8, 4) is 11.5 Å². The van der Waals surface area contributed by atoms with Gasteiger partial charge in [-0.15, -0.1) is 0 Å². The molecular weight excluding hydrogens is 334 g/mol. The second kappa shape index (κ2) is 8.22. The van der Waals surface area contributed by atoms with Gasteiger partial charge in [-0.1, -0.05) is 30.2 Å². The molecule has 0 saturated carbocycles. The molecule has 0 radical (unpaired) electrons. The number of halogens is 1. The van der Waals surface area contributed by atoms with Crippen molar-refractivity contribution >= 4 is 11.6 Å². The maximum Gasteiger partial charge on any atom is 0.127 e. The second-order valence-electron chi connectivity index (χ2n) is 7.01. The third kappa shape index (κ3) is 5.21. The average molecular weight is 360 g/mol. The van der Waals surface area contributed by atoms with Gasteiger partial charge in [0.1, 0.15) is 11.5 Å². The van der Waals surface area contributed by atoms with Crippen LogP contribution in [0, 0.1) is 0 Å². The number of piperidine rings is 1. The first kappa shape index (κ1) is 18.2. The van der Waals surface area contributed by atoms with E-state index >= 15 is 0 Å². The van der Waals surface area contributed by atoms with Crippen LogP contribution in [0.2, 0.25) is 5.02 Å². The highest BCUT2D eigenvalue weighted by Crippen LogP contribution is 2.29. The topological polar surface area (TPSA) is 32.7 Å². The molecule has 134 valence electrons. The summed E-state index contributed by atoms with van der Waals surface area (Å²) in [6.07, 6.45) is 4.63. The van der Waals surface area contributed by atoms with Crippen molar-refractivity contribution in [2.24, 2.45) is 0 Å². The Balaban J connectivity index is 1.58. The summed E-state index contributed by atoms with van der Waals surface area (Å²) >= 11 is 5.88. The van der Waals surface area contributed by atoms with E-state index in [1.165, 1.54) is 19.3 Å². The van der Waals surface area contributed by atoms with Gasteiger partial charge >= 0.3 is 0 Å². The van der Waals surface area contributed by atoms with E-state index in [0.29, 0.717) is 5.02 Å². The SMILES string of the molecule is CC(O)(CCN1CCCCC1)c1ccc(Oc2ccc(Cl)cc2)cc1. The van der Waals surface area contributed by atoms with E-state index in [-0.39, 0.29) is 0 Å². The summed E-state index contributed by atoms with van der Waals surface area (Å²) in [5, 5.41) is 11.5. The summed E-state index contributed by atoms with van der Waals surface area (Å²) in [6, 6.07) is 15.0. The molecule has 0 aromatic heterocycles. The van der Waals surface area contributed by atoms with Crippen LogP contribution in [0.3, 0.4) is 0 Å². The molecule has 1 unspecified atom stereocenters. The van der Waals surface area contributed by atoms with Crippen LogP contribution in [-0.2, 0) is 5.60 Å². The van der Waals surface area contributed by atoms with Gasteiger partial charge in [-0.3, -0.25) is 0 Å². The van der Waals surface area contributed by atoms with Crippen LogP contribution in [0.5, 0.6) is 11.5 Å². The molecule has 2 aromatic carbocycles. The molecule has 1 N–H and O–H groups in total. The minimum atomic E-state index is -0.823. The molecule has 1 fully saturated rings. The van der Waals surface area contributed by atoms with Crippen molar-refractivity contribution in [1.29, 1.82) is 0 Å². The number of nitrogens with zero attached hydrogens (tertiary/aromatic N) is 1. The Morgan fingerprint density at radius 2 is 1.52 bits per heavy atom. The molecule has 1 aliphatic heterocycles. The molecule has 3 nitrogen and oxygen atoms in total. The van der Waals surface area contributed by atoms with E-state index in [4.69, 9.17) is 16.3 Å². The fraction of sp³-hybridized carbons (Fsp3) is 0.429. The quantitative estimate of drug-likeness (QED) is 0.767. The zero-order chi connectivity index (χ0) is 17.7. The van der Waals surface area contributed by atoms with Gasteiger partial charge in [-0.25, -0.2) is 0 Å². The van der Waals surface area contributed by atoms with E-state index in [1.807, 2.05) is 43.3 Å². The molecule has 4 heteroatoms. The van der Waals surface area contributed by atoms with Crippen molar-refractivity contribution in [3.05, 3.63) is 59.1 Å². The van der Waals surface area contributed by atoms with Gasteiger partial charge in [0.2, 0.25) is 0 Å². The van der Waals surface area contributed by atoms with Crippen LogP contribution in [0.1, 0.15) is 38.2 Å². The van der Waals surface area contributed by atoms with Crippen LogP contribution < -0.4 is 4.74 Å². The van der Waals surface area contributed by atoms with Gasteiger partial charge in [0.15, 0.2) is 0 Å². The third-order valence-corrected chi connectivity index (χ3v) is 5.14. The first-order valence-corrected chi connectivity index (χ1v) is 9.39. The van der Waals surface area contributed by atoms with E-state index in [1.54, 1.807) is 12.1 Å². The molecule has 1 heterocycles. The summed E-state index contributed by atoms with van der Waals surface area (Å²) in [5.74, 6) is 1.49. The molecule has 0 spiro atoms. The minimum Gasteiger partial charge on any atom is -0.457 e. The highest BCUT2D eigenvalue weighted by Gasteiger charge is 2.24. The van der Waals surface area contributed by atoms with Crippen molar-refractivity contribution < 1.29 is 9.84 Å². The second-order valence-corrected chi connectivity index (χ2v) is 7.44. The zero-order valence-corrected chi connectivity index (χ0v) is 15.5. The van der Waals surface area contributed by atoms with Crippen LogP contribution in [0.15, 0.2) is 48.5 Å². The Hall–Kier alpha value is -1.55. The summed E-state index contributed by atoms with van der Waals surface area (Å²) in [4.78, 5) is 2.45. The Morgan fingerprint density at radius 1 is 0.960 bits per heavy atom. The number of hydrogen-bond acceptors (Lipinski definition) is 3. The number of rotatable bonds is 6. The highest BCUT2D eigenvalue weighted by atomic mass is 35.5. The van der Waals surface area contributed by atoms with Gasteiger partial charge in [0.25, 0.3) is 0 Å². The Bertz CT molecular complexity index is 661. The molecule has 1 saturated heterocycles. The van der Waals surface area contributed by atoms with E-state index in [9.17, 15) is 5.11 Å². The Labute approximate surface area is 155 Å². The summed E-state index contributed by atoms with van der Waals surface area (Å²) in [6.45, 7) is 5.15. The number of benzene rings is 2. The molecule has 0 amide bonds. The number of ether oxygens (including phenoxy) is 1. The highest BCUT2D eigenvalue weighted by molar-refractivity contribution is 6.30. The Morgan fingerprint density at radius 3 is 2.12 bits per heavy atom. The smallest absolute Gasteiger partial charge is 0.127 e. The van der Waals surface area contributed by atoms with Crippen LogP contribution in [0.25, 0.3) is 0 Å². The van der Waals surface area contributed by atoms with Crippen molar-refractivity contribution in [1.82, 2.24) is 4.90 Å². The van der Waals surface area contributed by atoms with Gasteiger partial charge in [-0.05, 0) is 81.2 Å². The van der Waals surface area contributed by atoms with Crippen molar-refractivity contribution in [2.75, 3.05) is 19.6 Å². The molecule has 25 heavy (non-hydrogen) atoms. The monoisotopic (exact) mass is 359 g/mol. The number of aliphatic hydroxyl groups is 1. The van der Waals surface area contributed by atoms with Gasteiger partial charge in [-0.2, -0.15) is 0 Å². The molecule has 1 atom stereocenters. The summed E-state index contributed by atoms with van der Waals surface area (Å²) in [5.41, 5.74) is 0.101. The maximum atomic E-state index is 10.8. The number of likely N-dealkylation sites (tertiary alicyclic amines) is 1. The van der Waals surface area contributed by atoms with Crippen molar-refractivity contribution in [2.45, 2.75) is 38.2 Å². The lowest BCUT2D eigenvalue weighted by molar-refractivity contribution is 0.0337. The number of hydrogen-bond donors (Lipinski definition) is 1. The lowest BCUT2D eigenvalue weighted by Crippen LogP contribution is -2.34. The van der Waals surface area contributed by atoms with Gasteiger partial charge in [0.05, 0.1) is 5.60 Å². The first-order chi connectivity index (χ1) is 12.0. The fourth-order valence-corrected chi connectivity index (χ4v) is 3.35. The molecule has 0 bridgehead atoms. The predicted molar refractivity (Wildman–Crippen MR) is 102 cm³/mol.